The van der Waals surface area contributed by atoms with Crippen LogP contribution in [0.3, 0.4) is 0 Å². The number of carbonyl (C=O) groups excluding carboxylic acids is 1. The van der Waals surface area contributed by atoms with E-state index < -0.39 is 24.4 Å². The third-order valence-corrected chi connectivity index (χ3v) is 9.96. The molecule has 2 aliphatic rings. The highest BCUT2D eigenvalue weighted by Crippen LogP contribution is 2.66. The summed E-state index contributed by atoms with van der Waals surface area (Å²) in [5, 5.41) is 22.7. The number of hydrogen-bond donors (Lipinski definition) is 2. The van der Waals surface area contributed by atoms with Gasteiger partial charge in [-0.1, -0.05) is 74.5 Å². The molecule has 0 aromatic heterocycles. The second-order valence-corrected chi connectivity index (χ2v) is 14.4. The van der Waals surface area contributed by atoms with Gasteiger partial charge in [0.05, 0.1) is 41.5 Å². The average molecular weight is 714 g/mol. The zero-order valence-corrected chi connectivity index (χ0v) is 30.2. The normalized spacial score (nSPS) is 17.9. The third kappa shape index (κ3) is 10.0. The molecular formula is C36H45ClN3O8P. The number of halogens is 1. The lowest BCUT2D eigenvalue weighted by atomic mass is 9.86. The Kier molecular flexibility index (Phi) is 14.2. The fourth-order valence-corrected chi connectivity index (χ4v) is 8.02. The Balaban J connectivity index is 0.00000157. The van der Waals surface area contributed by atoms with Gasteiger partial charge in [-0.25, -0.2) is 4.79 Å². The first-order chi connectivity index (χ1) is 22.9. The zero-order chi connectivity index (χ0) is 34.9. The lowest BCUT2D eigenvalue weighted by molar-refractivity contribution is -0.384. The Bertz CT molecular complexity index is 1680. The average Bonchev–Trinajstić information content (AvgIpc) is 3.06. The summed E-state index contributed by atoms with van der Waals surface area (Å²) in [5.41, 5.74) is 3.18. The largest absolute Gasteiger partial charge is 0.460 e. The Hall–Kier alpha value is -3.99. The molecule has 3 aromatic rings. The van der Waals surface area contributed by atoms with Gasteiger partial charge in [0.2, 0.25) is 0 Å². The van der Waals surface area contributed by atoms with Gasteiger partial charge in [-0.05, 0) is 44.0 Å². The van der Waals surface area contributed by atoms with Gasteiger partial charge in [0.25, 0.3) is 5.69 Å². The quantitative estimate of drug-likeness (QED) is 0.0929. The summed E-state index contributed by atoms with van der Waals surface area (Å²) in [6.07, 6.45) is 0. The fourth-order valence-electron chi connectivity index (χ4n) is 5.57. The number of rotatable bonds is 10. The lowest BCUT2D eigenvalue weighted by Gasteiger charge is -2.39. The van der Waals surface area contributed by atoms with Crippen molar-refractivity contribution >= 4 is 37.3 Å². The number of carbonyl (C=O) groups is 1. The van der Waals surface area contributed by atoms with Crippen LogP contribution in [0.4, 0.5) is 11.4 Å². The Labute approximate surface area is 294 Å². The number of allylic oxidation sites excluding steroid dienone is 3. The van der Waals surface area contributed by atoms with E-state index in [9.17, 15) is 19.5 Å². The van der Waals surface area contributed by atoms with E-state index in [2.05, 4.69) is 10.2 Å². The molecule has 2 heterocycles. The first kappa shape index (κ1) is 39.4. The van der Waals surface area contributed by atoms with Gasteiger partial charge in [-0.15, -0.1) is 12.4 Å². The van der Waals surface area contributed by atoms with Crippen molar-refractivity contribution in [3.8, 4) is 0 Å². The second kappa shape index (κ2) is 17.6. The number of nitrogens with zero attached hydrogens (tertiary/aromatic N) is 2. The number of non-ortho nitro benzene ring substituents is 1. The van der Waals surface area contributed by atoms with Crippen LogP contribution in [0.2, 0.25) is 0 Å². The van der Waals surface area contributed by atoms with Crippen LogP contribution >= 0.6 is 20.0 Å². The van der Waals surface area contributed by atoms with Gasteiger partial charge >= 0.3 is 13.6 Å². The molecule has 1 fully saturated rings. The van der Waals surface area contributed by atoms with Crippen molar-refractivity contribution in [3.63, 3.8) is 0 Å². The molecule has 1 atom stereocenters. The number of aliphatic hydroxyl groups is 1. The van der Waals surface area contributed by atoms with E-state index in [0.717, 1.165) is 11.3 Å². The Morgan fingerprint density at radius 2 is 1.61 bits per heavy atom. The molecule has 0 radical (unpaired) electrons. The maximum absolute atomic E-state index is 14.3. The van der Waals surface area contributed by atoms with E-state index in [4.69, 9.17) is 18.9 Å². The minimum Gasteiger partial charge on any atom is -0.460 e. The highest BCUT2D eigenvalue weighted by atomic mass is 35.5. The molecule has 0 amide bonds. The van der Waals surface area contributed by atoms with Crippen molar-refractivity contribution in [2.75, 3.05) is 37.9 Å². The summed E-state index contributed by atoms with van der Waals surface area (Å²) < 4.78 is 32.1. The van der Waals surface area contributed by atoms with E-state index in [1.807, 2.05) is 74.5 Å². The topological polar surface area (TPSA) is 140 Å². The molecule has 13 heteroatoms. The Morgan fingerprint density at radius 1 is 1.02 bits per heavy atom. The second-order valence-electron chi connectivity index (χ2n) is 12.4. The van der Waals surface area contributed by atoms with Crippen LogP contribution in [0.15, 0.2) is 107 Å². The van der Waals surface area contributed by atoms with Crippen molar-refractivity contribution in [2.24, 2.45) is 5.41 Å². The van der Waals surface area contributed by atoms with Crippen molar-refractivity contribution in [2.45, 2.75) is 47.1 Å². The van der Waals surface area contributed by atoms with Crippen molar-refractivity contribution < 1.29 is 33.2 Å². The van der Waals surface area contributed by atoms with Crippen molar-refractivity contribution in [3.05, 3.63) is 128 Å². The lowest BCUT2D eigenvalue weighted by Crippen LogP contribution is -2.34. The first-order valence-corrected chi connectivity index (χ1v) is 17.4. The molecule has 0 saturated carbocycles. The molecule has 11 nitrogen and oxygen atoms in total. The van der Waals surface area contributed by atoms with Gasteiger partial charge in [-0.3, -0.25) is 14.7 Å². The standard InChI is InChI=1S/C34H38N3O7P.C2H6O.ClH/c1-24-30(33(38)42-19-18-36(28-15-9-6-10-16-28)21-26-12-7-5-8-13-26)31(27-14-11-17-29(20-27)37(39)40)32(25(2)35-24)45(41)43-22-34(3,4)23-44-45;1-2-3;/h5-17,20,31,35H,18-19,21-23H2,1-4H3;3H,2H2,1H3;1H/t31-;;/m0../s1. The number of para-hydroxylation sites is 1. The molecule has 0 spiro atoms. The molecule has 5 rings (SSSR count). The van der Waals surface area contributed by atoms with E-state index >= 15 is 0 Å². The summed E-state index contributed by atoms with van der Waals surface area (Å²) in [5.74, 6) is -1.58. The first-order valence-electron chi connectivity index (χ1n) is 15.8. The van der Waals surface area contributed by atoms with E-state index in [-0.39, 0.29) is 60.8 Å². The van der Waals surface area contributed by atoms with Crippen LogP contribution in [-0.4, -0.2) is 49.0 Å². The summed E-state index contributed by atoms with van der Waals surface area (Å²) in [4.78, 5) is 27.3. The number of hydrogen-bond acceptors (Lipinski definition) is 10. The van der Waals surface area contributed by atoms with Crippen LogP contribution < -0.4 is 10.2 Å². The molecule has 0 bridgehead atoms. The Morgan fingerprint density at radius 3 is 2.20 bits per heavy atom. The number of anilines is 1. The number of benzene rings is 3. The molecule has 2 aliphatic heterocycles. The van der Waals surface area contributed by atoms with Crippen molar-refractivity contribution in [1.29, 1.82) is 0 Å². The van der Waals surface area contributed by atoms with Crippen LogP contribution in [0.25, 0.3) is 0 Å². The number of ether oxygens (including phenoxy) is 1. The molecule has 3 aromatic carbocycles. The van der Waals surface area contributed by atoms with Crippen LogP contribution in [0.1, 0.15) is 51.7 Å². The predicted molar refractivity (Wildman–Crippen MR) is 193 cm³/mol. The van der Waals surface area contributed by atoms with Gasteiger partial charge in [0.1, 0.15) is 6.61 Å². The van der Waals surface area contributed by atoms with Crippen molar-refractivity contribution in [1.82, 2.24) is 5.32 Å². The van der Waals surface area contributed by atoms with Crippen LogP contribution in [0, 0.1) is 15.5 Å². The van der Waals surface area contributed by atoms with Gasteiger partial charge in [0, 0.05) is 47.8 Å². The van der Waals surface area contributed by atoms with E-state index in [1.54, 1.807) is 32.9 Å². The molecule has 2 N–H and O–H groups in total. The number of nitro groups is 1. The van der Waals surface area contributed by atoms with Gasteiger partial charge in [0.15, 0.2) is 0 Å². The maximum Gasteiger partial charge on any atom is 0.360 e. The number of nitrogens with one attached hydrogen (secondary N) is 1. The number of aliphatic hydroxyl groups excluding tert-OH is 1. The molecule has 0 unspecified atom stereocenters. The van der Waals surface area contributed by atoms with Crippen LogP contribution in [-0.2, 0) is 29.7 Å². The minimum absolute atomic E-state index is 0. The summed E-state index contributed by atoms with van der Waals surface area (Å²) in [6, 6.07) is 25.9. The molecule has 49 heavy (non-hydrogen) atoms. The van der Waals surface area contributed by atoms with E-state index in [1.165, 1.54) is 12.1 Å². The zero-order valence-electron chi connectivity index (χ0n) is 28.5. The van der Waals surface area contributed by atoms with Gasteiger partial charge < -0.3 is 29.1 Å². The molecular weight excluding hydrogens is 669 g/mol. The smallest absolute Gasteiger partial charge is 0.360 e. The maximum atomic E-state index is 14.3. The van der Waals surface area contributed by atoms with Crippen LogP contribution in [0.5, 0.6) is 0 Å². The fraction of sp³-hybridized carbons (Fsp3) is 0.361. The molecule has 1 saturated heterocycles. The van der Waals surface area contributed by atoms with Gasteiger partial charge in [-0.2, -0.15) is 0 Å². The number of dihydropyridines is 1. The summed E-state index contributed by atoms with van der Waals surface area (Å²) in [6.45, 7) is 10.7. The molecule has 264 valence electrons. The highest BCUT2D eigenvalue weighted by Gasteiger charge is 2.48. The SMILES string of the molecule is CC1=C(C(=O)OCCN(Cc2ccccc2)c2ccccc2)[C@H](c2cccc([N+](=O)[O-])c2)C(P2(=O)OCC(C)(C)CO2)=C(C)N1.CCO.Cl. The highest BCUT2D eigenvalue weighted by molar-refractivity contribution is 7.58. The monoisotopic (exact) mass is 713 g/mol. The predicted octanol–water partition coefficient (Wildman–Crippen LogP) is 7.72. The van der Waals surface area contributed by atoms with E-state index in [0.29, 0.717) is 30.0 Å². The number of nitro benzene ring substituents is 1. The summed E-state index contributed by atoms with van der Waals surface area (Å²) in [7, 11) is -3.91. The molecule has 0 aliphatic carbocycles. The summed E-state index contributed by atoms with van der Waals surface area (Å²) >= 11 is 0. The minimum atomic E-state index is -3.91. The third-order valence-electron chi connectivity index (χ3n) is 7.84. The number of esters is 1.